The second-order valence-corrected chi connectivity index (χ2v) is 4.92. The lowest BCUT2D eigenvalue weighted by atomic mass is 10.2. The molecule has 2 aromatic rings. The SMILES string of the molecule is O=C(NCc1ccc(I)cc1)c1ccccc1. The van der Waals surface area contributed by atoms with E-state index in [0.717, 1.165) is 5.56 Å². The maximum Gasteiger partial charge on any atom is 0.251 e. The predicted octanol–water partition coefficient (Wildman–Crippen LogP) is 3.22. The fourth-order valence-electron chi connectivity index (χ4n) is 1.48. The number of carbonyl (C=O) groups is 1. The van der Waals surface area contributed by atoms with Gasteiger partial charge in [-0.05, 0) is 52.4 Å². The molecule has 0 atom stereocenters. The van der Waals surface area contributed by atoms with Gasteiger partial charge in [-0.2, -0.15) is 0 Å². The van der Waals surface area contributed by atoms with Crippen LogP contribution in [-0.2, 0) is 6.54 Å². The highest BCUT2D eigenvalue weighted by Gasteiger charge is 2.03. The first-order valence-electron chi connectivity index (χ1n) is 5.33. The van der Waals surface area contributed by atoms with E-state index >= 15 is 0 Å². The fraction of sp³-hybridized carbons (Fsp3) is 0.0714. The van der Waals surface area contributed by atoms with Gasteiger partial charge < -0.3 is 5.32 Å². The van der Waals surface area contributed by atoms with Crippen molar-refractivity contribution in [1.29, 1.82) is 0 Å². The molecule has 2 nitrogen and oxygen atoms in total. The van der Waals surface area contributed by atoms with Crippen LogP contribution in [0.1, 0.15) is 15.9 Å². The lowest BCUT2D eigenvalue weighted by Crippen LogP contribution is -2.22. The van der Waals surface area contributed by atoms with E-state index in [1.165, 1.54) is 3.57 Å². The molecule has 0 fully saturated rings. The highest BCUT2D eigenvalue weighted by Crippen LogP contribution is 2.07. The van der Waals surface area contributed by atoms with Gasteiger partial charge in [0.05, 0.1) is 0 Å². The summed E-state index contributed by atoms with van der Waals surface area (Å²) in [6, 6.07) is 17.3. The van der Waals surface area contributed by atoms with E-state index < -0.39 is 0 Å². The molecule has 0 saturated carbocycles. The van der Waals surface area contributed by atoms with Crippen LogP contribution in [0, 0.1) is 3.57 Å². The van der Waals surface area contributed by atoms with Crippen molar-refractivity contribution in [2.45, 2.75) is 6.54 Å². The molecule has 86 valence electrons. The Morgan fingerprint density at radius 1 is 1.00 bits per heavy atom. The molecule has 2 rings (SSSR count). The molecule has 0 aromatic heterocycles. The number of halogens is 1. The van der Waals surface area contributed by atoms with E-state index in [0.29, 0.717) is 12.1 Å². The summed E-state index contributed by atoms with van der Waals surface area (Å²) in [5, 5.41) is 2.89. The van der Waals surface area contributed by atoms with E-state index in [2.05, 4.69) is 27.9 Å². The third-order valence-electron chi connectivity index (χ3n) is 2.40. The van der Waals surface area contributed by atoms with E-state index in [4.69, 9.17) is 0 Å². The normalized spacial score (nSPS) is 9.94. The van der Waals surface area contributed by atoms with Crippen LogP contribution in [0.4, 0.5) is 0 Å². The van der Waals surface area contributed by atoms with Crippen molar-refractivity contribution in [3.8, 4) is 0 Å². The quantitative estimate of drug-likeness (QED) is 0.856. The zero-order valence-electron chi connectivity index (χ0n) is 9.19. The molecule has 1 N–H and O–H groups in total. The Morgan fingerprint density at radius 3 is 2.29 bits per heavy atom. The molecule has 0 bridgehead atoms. The maximum absolute atomic E-state index is 11.8. The van der Waals surface area contributed by atoms with Gasteiger partial charge in [0.1, 0.15) is 0 Å². The zero-order valence-corrected chi connectivity index (χ0v) is 11.3. The van der Waals surface area contributed by atoms with Crippen LogP contribution < -0.4 is 5.32 Å². The minimum absolute atomic E-state index is 0.0378. The molecule has 0 radical (unpaired) electrons. The summed E-state index contributed by atoms with van der Waals surface area (Å²) in [5.41, 5.74) is 1.80. The van der Waals surface area contributed by atoms with Gasteiger partial charge in [0.15, 0.2) is 0 Å². The van der Waals surface area contributed by atoms with Crippen molar-refractivity contribution >= 4 is 28.5 Å². The van der Waals surface area contributed by atoms with Gasteiger partial charge in [-0.3, -0.25) is 4.79 Å². The highest BCUT2D eigenvalue weighted by molar-refractivity contribution is 14.1. The maximum atomic E-state index is 11.8. The second-order valence-electron chi connectivity index (χ2n) is 3.68. The number of rotatable bonds is 3. The van der Waals surface area contributed by atoms with Crippen LogP contribution in [0.3, 0.4) is 0 Å². The van der Waals surface area contributed by atoms with Gasteiger partial charge >= 0.3 is 0 Å². The molecule has 17 heavy (non-hydrogen) atoms. The summed E-state index contributed by atoms with van der Waals surface area (Å²) in [5.74, 6) is -0.0378. The van der Waals surface area contributed by atoms with Crippen molar-refractivity contribution in [2.75, 3.05) is 0 Å². The Labute approximate surface area is 114 Å². The molecule has 0 unspecified atom stereocenters. The Bertz CT molecular complexity index is 493. The summed E-state index contributed by atoms with van der Waals surface area (Å²) < 4.78 is 1.20. The Hall–Kier alpha value is -1.36. The Kier molecular flexibility index (Phi) is 4.14. The smallest absolute Gasteiger partial charge is 0.251 e. The average Bonchev–Trinajstić information content (AvgIpc) is 2.39. The largest absolute Gasteiger partial charge is 0.348 e. The molecular formula is C14H12INO. The molecule has 0 aliphatic carbocycles. The van der Waals surface area contributed by atoms with Crippen LogP contribution in [-0.4, -0.2) is 5.91 Å². The summed E-state index contributed by atoms with van der Waals surface area (Å²) >= 11 is 2.26. The monoisotopic (exact) mass is 337 g/mol. The Morgan fingerprint density at radius 2 is 1.65 bits per heavy atom. The van der Waals surface area contributed by atoms with E-state index in [9.17, 15) is 4.79 Å². The van der Waals surface area contributed by atoms with Crippen molar-refractivity contribution in [1.82, 2.24) is 5.32 Å². The average molecular weight is 337 g/mol. The molecule has 0 aliphatic rings. The molecule has 0 saturated heterocycles. The highest BCUT2D eigenvalue weighted by atomic mass is 127. The summed E-state index contributed by atoms with van der Waals surface area (Å²) in [6.45, 7) is 0.560. The van der Waals surface area contributed by atoms with Crippen LogP contribution in [0.5, 0.6) is 0 Å². The molecular weight excluding hydrogens is 325 g/mol. The first kappa shape index (κ1) is 12.1. The van der Waals surface area contributed by atoms with E-state index in [1.807, 2.05) is 54.6 Å². The van der Waals surface area contributed by atoms with Crippen LogP contribution >= 0.6 is 22.6 Å². The molecule has 1 amide bonds. The van der Waals surface area contributed by atoms with Crippen molar-refractivity contribution in [3.05, 3.63) is 69.3 Å². The lowest BCUT2D eigenvalue weighted by Gasteiger charge is -2.05. The van der Waals surface area contributed by atoms with Gasteiger partial charge in [-0.1, -0.05) is 30.3 Å². The lowest BCUT2D eigenvalue weighted by molar-refractivity contribution is 0.0951. The summed E-state index contributed by atoms with van der Waals surface area (Å²) in [7, 11) is 0. The van der Waals surface area contributed by atoms with Gasteiger partial charge in [0.2, 0.25) is 0 Å². The third-order valence-corrected chi connectivity index (χ3v) is 3.12. The van der Waals surface area contributed by atoms with Gasteiger partial charge in [-0.25, -0.2) is 0 Å². The van der Waals surface area contributed by atoms with Gasteiger partial charge in [0, 0.05) is 15.7 Å². The van der Waals surface area contributed by atoms with Crippen molar-refractivity contribution in [3.63, 3.8) is 0 Å². The minimum atomic E-state index is -0.0378. The zero-order chi connectivity index (χ0) is 12.1. The van der Waals surface area contributed by atoms with Crippen molar-refractivity contribution < 1.29 is 4.79 Å². The number of carbonyl (C=O) groups excluding carboxylic acids is 1. The molecule has 2 aromatic carbocycles. The van der Waals surface area contributed by atoms with Crippen LogP contribution in [0.2, 0.25) is 0 Å². The fourth-order valence-corrected chi connectivity index (χ4v) is 1.84. The first-order valence-corrected chi connectivity index (χ1v) is 6.41. The Balaban J connectivity index is 1.95. The van der Waals surface area contributed by atoms with Crippen molar-refractivity contribution in [2.24, 2.45) is 0 Å². The topological polar surface area (TPSA) is 29.1 Å². The number of benzene rings is 2. The van der Waals surface area contributed by atoms with Crippen LogP contribution in [0.25, 0.3) is 0 Å². The standard InChI is InChI=1S/C14H12INO/c15-13-8-6-11(7-9-13)10-16-14(17)12-4-2-1-3-5-12/h1-9H,10H2,(H,16,17). The molecule has 0 heterocycles. The number of hydrogen-bond donors (Lipinski definition) is 1. The summed E-state index contributed by atoms with van der Waals surface area (Å²) in [6.07, 6.45) is 0. The molecule has 3 heteroatoms. The first-order chi connectivity index (χ1) is 8.25. The number of hydrogen-bond acceptors (Lipinski definition) is 1. The molecule has 0 spiro atoms. The molecule has 0 aliphatic heterocycles. The van der Waals surface area contributed by atoms with Gasteiger partial charge in [0.25, 0.3) is 5.91 Å². The number of nitrogens with one attached hydrogen (secondary N) is 1. The van der Waals surface area contributed by atoms with Gasteiger partial charge in [-0.15, -0.1) is 0 Å². The van der Waals surface area contributed by atoms with Crippen LogP contribution in [0.15, 0.2) is 54.6 Å². The predicted molar refractivity (Wildman–Crippen MR) is 76.8 cm³/mol. The minimum Gasteiger partial charge on any atom is -0.348 e. The second kappa shape index (κ2) is 5.82. The number of amides is 1. The van der Waals surface area contributed by atoms with E-state index in [1.54, 1.807) is 0 Å². The van der Waals surface area contributed by atoms with E-state index in [-0.39, 0.29) is 5.91 Å². The third kappa shape index (κ3) is 3.56. The summed E-state index contributed by atoms with van der Waals surface area (Å²) in [4.78, 5) is 11.8.